The van der Waals surface area contributed by atoms with Crippen molar-refractivity contribution < 1.29 is 0 Å². The molecule has 12 rings (SSSR count). The molecule has 0 saturated heterocycles. The van der Waals surface area contributed by atoms with Gasteiger partial charge >= 0.3 is 0 Å². The fraction of sp³-hybridized carbons (Fsp3) is 0. The van der Waals surface area contributed by atoms with E-state index in [1.807, 2.05) is 11.3 Å². The van der Waals surface area contributed by atoms with Crippen molar-refractivity contribution in [3.05, 3.63) is 206 Å². The van der Waals surface area contributed by atoms with Crippen LogP contribution in [-0.4, -0.2) is 4.57 Å². The first-order chi connectivity index (χ1) is 28.2. The lowest BCUT2D eigenvalue weighted by molar-refractivity contribution is 1.18. The summed E-state index contributed by atoms with van der Waals surface area (Å²) in [5.41, 5.74) is 9.37. The van der Waals surface area contributed by atoms with Crippen molar-refractivity contribution in [2.75, 3.05) is 4.90 Å². The van der Waals surface area contributed by atoms with Gasteiger partial charge in [-0.25, -0.2) is 0 Å². The number of rotatable bonds is 5. The van der Waals surface area contributed by atoms with Crippen molar-refractivity contribution in [1.29, 1.82) is 0 Å². The van der Waals surface area contributed by atoms with Gasteiger partial charge in [0.1, 0.15) is 0 Å². The lowest BCUT2D eigenvalue weighted by atomic mass is 10.0. The molecule has 2 heterocycles. The van der Waals surface area contributed by atoms with Gasteiger partial charge in [-0.3, -0.25) is 0 Å². The average molecular weight is 743 g/mol. The molecule has 0 aliphatic carbocycles. The van der Waals surface area contributed by atoms with Gasteiger partial charge in [0, 0.05) is 48.0 Å². The van der Waals surface area contributed by atoms with Gasteiger partial charge in [0.15, 0.2) is 0 Å². The second-order valence-electron chi connectivity index (χ2n) is 14.9. The third kappa shape index (κ3) is 5.10. The Bertz CT molecular complexity index is 3530. The minimum Gasteiger partial charge on any atom is -0.310 e. The molecule has 0 aliphatic heterocycles. The number of aromatic nitrogens is 1. The van der Waals surface area contributed by atoms with E-state index >= 15 is 0 Å². The standard InChI is InChI=1S/C54H34N2S/c1-3-13-39-32-41(21-20-35(39)10-1)37-22-26-42(27-23-37)55(51-18-9-19-52-53(51)47-30-25-38-12-5-6-15-45(38)54(47)57-52)44-29-31-50-48(34-44)46-16-7-8-17-49(46)56(50)43-28-24-36-11-2-4-14-40(36)33-43/h1-34H. The Morgan fingerprint density at radius 2 is 1.00 bits per heavy atom. The molecule has 2 aromatic heterocycles. The first-order valence-electron chi connectivity index (χ1n) is 19.5. The van der Waals surface area contributed by atoms with E-state index in [4.69, 9.17) is 0 Å². The Balaban J connectivity index is 1.08. The van der Waals surface area contributed by atoms with Crippen molar-refractivity contribution in [2.24, 2.45) is 0 Å². The van der Waals surface area contributed by atoms with E-state index < -0.39 is 0 Å². The highest BCUT2D eigenvalue weighted by Crippen LogP contribution is 2.48. The van der Waals surface area contributed by atoms with Crippen molar-refractivity contribution >= 4 is 103 Å². The number of anilines is 3. The highest BCUT2D eigenvalue weighted by atomic mass is 32.1. The maximum Gasteiger partial charge on any atom is 0.0554 e. The largest absolute Gasteiger partial charge is 0.310 e. The summed E-state index contributed by atoms with van der Waals surface area (Å²) in [6, 6.07) is 75.8. The molecule has 2 nitrogen and oxygen atoms in total. The lowest BCUT2D eigenvalue weighted by Crippen LogP contribution is -2.10. The Morgan fingerprint density at radius 1 is 0.368 bits per heavy atom. The van der Waals surface area contributed by atoms with E-state index in [1.54, 1.807) is 0 Å². The van der Waals surface area contributed by atoms with E-state index in [0.29, 0.717) is 0 Å². The summed E-state index contributed by atoms with van der Waals surface area (Å²) >= 11 is 1.89. The topological polar surface area (TPSA) is 8.17 Å². The summed E-state index contributed by atoms with van der Waals surface area (Å²) < 4.78 is 5.03. The van der Waals surface area contributed by atoms with E-state index in [2.05, 4.69) is 216 Å². The van der Waals surface area contributed by atoms with Gasteiger partial charge in [-0.15, -0.1) is 11.3 Å². The van der Waals surface area contributed by atoms with Crippen LogP contribution in [0.25, 0.3) is 91.1 Å². The number of nitrogens with zero attached hydrogens (tertiary/aromatic N) is 2. The molecule has 0 radical (unpaired) electrons. The van der Waals surface area contributed by atoms with Gasteiger partial charge < -0.3 is 9.47 Å². The van der Waals surface area contributed by atoms with Gasteiger partial charge in [-0.05, 0) is 110 Å². The molecule has 0 N–H and O–H groups in total. The highest BCUT2D eigenvalue weighted by Gasteiger charge is 2.21. The zero-order valence-electron chi connectivity index (χ0n) is 30.9. The summed E-state index contributed by atoms with van der Waals surface area (Å²) in [5.74, 6) is 0. The van der Waals surface area contributed by atoms with Gasteiger partial charge in [-0.1, -0.05) is 140 Å². The van der Waals surface area contributed by atoms with E-state index in [-0.39, 0.29) is 0 Å². The molecule has 0 bridgehead atoms. The number of hydrogen-bond acceptors (Lipinski definition) is 2. The zero-order chi connectivity index (χ0) is 37.5. The second-order valence-corrected chi connectivity index (χ2v) is 16.0. The first kappa shape index (κ1) is 32.1. The molecule has 0 unspecified atom stereocenters. The van der Waals surface area contributed by atoms with Crippen LogP contribution in [-0.2, 0) is 0 Å². The Hall–Kier alpha value is -7.20. The van der Waals surface area contributed by atoms with E-state index in [9.17, 15) is 0 Å². The predicted molar refractivity (Wildman–Crippen MR) is 246 cm³/mol. The molecule has 57 heavy (non-hydrogen) atoms. The normalized spacial score (nSPS) is 11.9. The fourth-order valence-corrected chi connectivity index (χ4v) is 10.3. The van der Waals surface area contributed by atoms with Gasteiger partial charge in [0.2, 0.25) is 0 Å². The molecule has 0 saturated carbocycles. The third-order valence-electron chi connectivity index (χ3n) is 11.7. The molecular weight excluding hydrogens is 709 g/mol. The van der Waals surface area contributed by atoms with Crippen LogP contribution < -0.4 is 4.90 Å². The first-order valence-corrected chi connectivity index (χ1v) is 20.3. The molecule has 0 atom stereocenters. The van der Waals surface area contributed by atoms with Gasteiger partial charge in [-0.2, -0.15) is 0 Å². The smallest absolute Gasteiger partial charge is 0.0554 e. The Kier molecular flexibility index (Phi) is 7.13. The lowest BCUT2D eigenvalue weighted by Gasteiger charge is -2.27. The van der Waals surface area contributed by atoms with Crippen molar-refractivity contribution in [1.82, 2.24) is 4.57 Å². The molecule has 10 aromatic carbocycles. The molecule has 266 valence electrons. The van der Waals surface area contributed by atoms with Crippen molar-refractivity contribution in [3.8, 4) is 16.8 Å². The SMILES string of the molecule is c1ccc2cc(-c3ccc(N(c4ccc5c(c4)c4ccccc4n5-c4ccc5ccccc5c4)c4cccc5sc6c7ccccc7ccc6c45)cc3)ccc2c1. The highest BCUT2D eigenvalue weighted by molar-refractivity contribution is 7.26. The molecule has 0 amide bonds. The van der Waals surface area contributed by atoms with Crippen LogP contribution in [0, 0.1) is 0 Å². The molecular formula is C54H34N2S. The summed E-state index contributed by atoms with van der Waals surface area (Å²) in [7, 11) is 0. The summed E-state index contributed by atoms with van der Waals surface area (Å²) in [6.45, 7) is 0. The van der Waals surface area contributed by atoms with Crippen LogP contribution >= 0.6 is 11.3 Å². The summed E-state index contributed by atoms with van der Waals surface area (Å²) in [6.07, 6.45) is 0. The van der Waals surface area contributed by atoms with Crippen LogP contribution in [0.5, 0.6) is 0 Å². The van der Waals surface area contributed by atoms with Gasteiger partial charge in [0.25, 0.3) is 0 Å². The van der Waals surface area contributed by atoms with Gasteiger partial charge in [0.05, 0.1) is 16.7 Å². The average Bonchev–Trinajstić information content (AvgIpc) is 3.83. The second kappa shape index (κ2) is 12.7. The number of para-hydroxylation sites is 1. The minimum atomic E-state index is 1.12. The van der Waals surface area contributed by atoms with Crippen LogP contribution in [0.1, 0.15) is 0 Å². The quantitative estimate of drug-likeness (QED) is 0.170. The van der Waals surface area contributed by atoms with Crippen LogP contribution in [0.4, 0.5) is 17.1 Å². The predicted octanol–water partition coefficient (Wildman–Crippen LogP) is 15.7. The fourth-order valence-electron chi connectivity index (χ4n) is 9.01. The van der Waals surface area contributed by atoms with Crippen LogP contribution in [0.15, 0.2) is 206 Å². The maximum atomic E-state index is 2.47. The number of benzene rings is 10. The summed E-state index contributed by atoms with van der Waals surface area (Å²) in [5, 5.41) is 12.6. The van der Waals surface area contributed by atoms with Crippen LogP contribution in [0.3, 0.4) is 0 Å². The summed E-state index contributed by atoms with van der Waals surface area (Å²) in [4.78, 5) is 2.47. The molecule has 0 fully saturated rings. The Morgan fingerprint density at radius 3 is 1.82 bits per heavy atom. The zero-order valence-corrected chi connectivity index (χ0v) is 31.7. The molecule has 3 heteroatoms. The monoisotopic (exact) mass is 742 g/mol. The molecule has 0 aliphatic rings. The number of hydrogen-bond donors (Lipinski definition) is 0. The Labute approximate surface area is 333 Å². The third-order valence-corrected chi connectivity index (χ3v) is 12.9. The van der Waals surface area contributed by atoms with Crippen LogP contribution in [0.2, 0.25) is 0 Å². The number of thiophene rings is 1. The van der Waals surface area contributed by atoms with Crippen molar-refractivity contribution in [3.63, 3.8) is 0 Å². The van der Waals surface area contributed by atoms with Crippen molar-refractivity contribution in [2.45, 2.75) is 0 Å². The molecule has 12 aromatic rings. The van der Waals surface area contributed by atoms with E-state index in [1.165, 1.54) is 91.1 Å². The minimum absolute atomic E-state index is 1.12. The number of fused-ring (bicyclic) bond motifs is 10. The van der Waals surface area contributed by atoms with E-state index in [0.717, 1.165) is 17.1 Å². The molecule has 0 spiro atoms. The maximum absolute atomic E-state index is 2.47.